The lowest BCUT2D eigenvalue weighted by atomic mass is 10.2. The number of rotatable bonds is 8. The molecule has 1 aromatic heterocycles. The maximum atomic E-state index is 10.8. The smallest absolute Gasteiger partial charge is 0.335 e. The van der Waals surface area contributed by atoms with E-state index in [0.29, 0.717) is 19.0 Å². The minimum Gasteiger partial charge on any atom is -0.478 e. The quantitative estimate of drug-likeness (QED) is 0.713. The Morgan fingerprint density at radius 2 is 2.33 bits per heavy atom. The summed E-state index contributed by atoms with van der Waals surface area (Å²) in [5, 5.41) is 11.9. The van der Waals surface area contributed by atoms with E-state index in [1.165, 1.54) is 18.3 Å². The number of aromatic carboxylic acids is 1. The summed E-state index contributed by atoms with van der Waals surface area (Å²) in [6.07, 6.45) is 1.49. The largest absolute Gasteiger partial charge is 0.478 e. The molecule has 0 unspecified atom stereocenters. The molecule has 0 amide bonds. The number of methoxy groups -OCH3 is 1. The normalized spacial score (nSPS) is 10.6. The molecule has 0 aliphatic heterocycles. The molecular formula is C12H19N3O3. The summed E-state index contributed by atoms with van der Waals surface area (Å²) in [6, 6.07) is 3.00. The molecule has 0 saturated carbocycles. The van der Waals surface area contributed by atoms with Gasteiger partial charge in [0.05, 0.1) is 12.2 Å². The van der Waals surface area contributed by atoms with Gasteiger partial charge < -0.3 is 20.1 Å². The van der Waals surface area contributed by atoms with E-state index in [2.05, 4.69) is 15.2 Å². The lowest BCUT2D eigenvalue weighted by molar-refractivity contribution is 0.0697. The first-order valence-electron chi connectivity index (χ1n) is 5.74. The van der Waals surface area contributed by atoms with Crippen molar-refractivity contribution in [2.45, 2.75) is 0 Å². The zero-order chi connectivity index (χ0) is 13.4. The van der Waals surface area contributed by atoms with Crippen LogP contribution in [0, 0.1) is 0 Å². The SMILES string of the molecule is COCCN(C)CCNc1cc(C(=O)O)ccn1. The number of carboxylic acid groups (broad SMARTS) is 1. The average molecular weight is 253 g/mol. The number of carbonyl (C=O) groups is 1. The Morgan fingerprint density at radius 1 is 1.56 bits per heavy atom. The first-order chi connectivity index (χ1) is 8.63. The molecule has 0 aliphatic carbocycles. The molecule has 0 fully saturated rings. The summed E-state index contributed by atoms with van der Waals surface area (Å²) < 4.78 is 4.98. The van der Waals surface area contributed by atoms with Crippen molar-refractivity contribution in [3.05, 3.63) is 23.9 Å². The van der Waals surface area contributed by atoms with Crippen molar-refractivity contribution < 1.29 is 14.6 Å². The Hall–Kier alpha value is -1.66. The number of ether oxygens (including phenoxy) is 1. The van der Waals surface area contributed by atoms with Crippen molar-refractivity contribution in [3.63, 3.8) is 0 Å². The predicted octanol–water partition coefficient (Wildman–Crippen LogP) is 0.770. The molecule has 2 N–H and O–H groups in total. The fraction of sp³-hybridized carbons (Fsp3) is 0.500. The molecule has 0 aliphatic rings. The third-order valence-electron chi connectivity index (χ3n) is 2.48. The number of carboxylic acids is 1. The second kappa shape index (κ2) is 7.62. The van der Waals surface area contributed by atoms with Gasteiger partial charge in [-0.3, -0.25) is 0 Å². The number of pyridine rings is 1. The van der Waals surface area contributed by atoms with Crippen LogP contribution in [0.5, 0.6) is 0 Å². The molecule has 100 valence electrons. The molecule has 1 heterocycles. The molecule has 6 nitrogen and oxygen atoms in total. The van der Waals surface area contributed by atoms with Crippen LogP contribution in [0.2, 0.25) is 0 Å². The number of nitrogens with one attached hydrogen (secondary N) is 1. The Balaban J connectivity index is 2.35. The molecule has 0 bridgehead atoms. The molecular weight excluding hydrogens is 234 g/mol. The van der Waals surface area contributed by atoms with E-state index in [-0.39, 0.29) is 5.56 Å². The molecule has 1 aromatic rings. The van der Waals surface area contributed by atoms with E-state index in [0.717, 1.165) is 13.1 Å². The summed E-state index contributed by atoms with van der Waals surface area (Å²) in [4.78, 5) is 17.0. The third-order valence-corrected chi connectivity index (χ3v) is 2.48. The number of likely N-dealkylation sites (N-methyl/N-ethyl adjacent to an activating group) is 1. The van der Waals surface area contributed by atoms with E-state index in [1.54, 1.807) is 7.11 Å². The Labute approximate surface area is 107 Å². The molecule has 0 saturated heterocycles. The highest BCUT2D eigenvalue weighted by molar-refractivity contribution is 5.88. The van der Waals surface area contributed by atoms with E-state index in [4.69, 9.17) is 9.84 Å². The summed E-state index contributed by atoms with van der Waals surface area (Å²) in [5.74, 6) is -0.368. The van der Waals surface area contributed by atoms with Crippen LogP contribution in [0.15, 0.2) is 18.3 Å². The van der Waals surface area contributed by atoms with Gasteiger partial charge in [-0.1, -0.05) is 0 Å². The first kappa shape index (κ1) is 14.4. The molecule has 18 heavy (non-hydrogen) atoms. The van der Waals surface area contributed by atoms with Crippen LogP contribution in [-0.4, -0.2) is 61.4 Å². The monoisotopic (exact) mass is 253 g/mol. The summed E-state index contributed by atoms with van der Waals surface area (Å²) >= 11 is 0. The van der Waals surface area contributed by atoms with E-state index < -0.39 is 5.97 Å². The number of aromatic nitrogens is 1. The van der Waals surface area contributed by atoms with E-state index in [9.17, 15) is 4.79 Å². The van der Waals surface area contributed by atoms with Gasteiger partial charge in [-0.2, -0.15) is 0 Å². The van der Waals surface area contributed by atoms with E-state index in [1.807, 2.05) is 7.05 Å². The second-order valence-corrected chi connectivity index (χ2v) is 3.96. The summed E-state index contributed by atoms with van der Waals surface area (Å²) in [6.45, 7) is 3.10. The van der Waals surface area contributed by atoms with Crippen LogP contribution in [0.1, 0.15) is 10.4 Å². The highest BCUT2D eigenvalue weighted by Crippen LogP contribution is 2.06. The van der Waals surface area contributed by atoms with Crippen molar-refractivity contribution in [2.75, 3.05) is 45.7 Å². The molecule has 0 atom stereocenters. The van der Waals surface area contributed by atoms with Crippen LogP contribution >= 0.6 is 0 Å². The zero-order valence-electron chi connectivity index (χ0n) is 10.7. The topological polar surface area (TPSA) is 74.7 Å². The number of hydrogen-bond acceptors (Lipinski definition) is 5. The van der Waals surface area contributed by atoms with Gasteiger partial charge in [0.1, 0.15) is 5.82 Å². The molecule has 0 aromatic carbocycles. The average Bonchev–Trinajstić information content (AvgIpc) is 2.36. The summed E-state index contributed by atoms with van der Waals surface area (Å²) in [5.41, 5.74) is 0.236. The van der Waals surface area contributed by atoms with Crippen molar-refractivity contribution in [3.8, 4) is 0 Å². The van der Waals surface area contributed by atoms with Gasteiger partial charge in [0.25, 0.3) is 0 Å². The number of anilines is 1. The van der Waals surface area contributed by atoms with Gasteiger partial charge in [0.2, 0.25) is 0 Å². The van der Waals surface area contributed by atoms with Gasteiger partial charge in [-0.15, -0.1) is 0 Å². The van der Waals surface area contributed by atoms with Crippen LogP contribution in [0.4, 0.5) is 5.82 Å². The fourth-order valence-electron chi connectivity index (χ4n) is 1.39. The van der Waals surface area contributed by atoms with Gasteiger partial charge in [-0.25, -0.2) is 9.78 Å². The van der Waals surface area contributed by atoms with Crippen molar-refractivity contribution in [2.24, 2.45) is 0 Å². The molecule has 0 spiro atoms. The Bertz CT molecular complexity index is 385. The number of nitrogens with zero attached hydrogens (tertiary/aromatic N) is 2. The van der Waals surface area contributed by atoms with Gasteiger partial charge in [-0.05, 0) is 19.2 Å². The maximum absolute atomic E-state index is 10.8. The fourth-order valence-corrected chi connectivity index (χ4v) is 1.39. The maximum Gasteiger partial charge on any atom is 0.335 e. The zero-order valence-corrected chi connectivity index (χ0v) is 10.7. The highest BCUT2D eigenvalue weighted by atomic mass is 16.5. The van der Waals surface area contributed by atoms with Crippen molar-refractivity contribution >= 4 is 11.8 Å². The standard InChI is InChI=1S/C12H19N3O3/c1-15(7-8-18-2)6-5-14-11-9-10(12(16)17)3-4-13-11/h3-4,9H,5-8H2,1-2H3,(H,13,14)(H,16,17). The molecule has 6 heteroatoms. The van der Waals surface area contributed by atoms with Crippen LogP contribution in [0.3, 0.4) is 0 Å². The second-order valence-electron chi connectivity index (χ2n) is 3.96. The van der Waals surface area contributed by atoms with Gasteiger partial charge in [0, 0.05) is 32.9 Å². The van der Waals surface area contributed by atoms with Gasteiger partial charge in [0.15, 0.2) is 0 Å². The minimum atomic E-state index is -0.947. The molecule has 1 rings (SSSR count). The predicted molar refractivity (Wildman–Crippen MR) is 69.1 cm³/mol. The lowest BCUT2D eigenvalue weighted by Gasteiger charge is -2.16. The van der Waals surface area contributed by atoms with Crippen molar-refractivity contribution in [1.82, 2.24) is 9.88 Å². The van der Waals surface area contributed by atoms with Gasteiger partial charge >= 0.3 is 5.97 Å². The Kier molecular flexibility index (Phi) is 6.10. The Morgan fingerprint density at radius 3 is 3.00 bits per heavy atom. The first-order valence-corrected chi connectivity index (χ1v) is 5.74. The van der Waals surface area contributed by atoms with Crippen molar-refractivity contribution in [1.29, 1.82) is 0 Å². The van der Waals surface area contributed by atoms with Crippen LogP contribution < -0.4 is 5.32 Å². The third kappa shape index (κ3) is 5.11. The minimum absolute atomic E-state index is 0.236. The van der Waals surface area contributed by atoms with E-state index >= 15 is 0 Å². The van der Waals surface area contributed by atoms with Crippen LogP contribution in [-0.2, 0) is 4.74 Å². The molecule has 0 radical (unpaired) electrons. The lowest BCUT2D eigenvalue weighted by Crippen LogP contribution is -2.28. The highest BCUT2D eigenvalue weighted by Gasteiger charge is 2.04. The number of hydrogen-bond donors (Lipinski definition) is 2. The summed E-state index contributed by atoms with van der Waals surface area (Å²) in [7, 11) is 3.68. The van der Waals surface area contributed by atoms with Crippen LogP contribution in [0.25, 0.3) is 0 Å².